The molecule has 1 aliphatic carbocycles. The quantitative estimate of drug-likeness (QED) is 0.711. The Kier molecular flexibility index (Phi) is 3.94. The first-order chi connectivity index (χ1) is 9.78. The number of carbonyl (C=O) groups is 1. The number of rotatable bonds is 2. The van der Waals surface area contributed by atoms with E-state index in [9.17, 15) is 4.79 Å². The zero-order valence-electron chi connectivity index (χ0n) is 12.0. The Hall–Kier alpha value is -1.14. The highest BCUT2D eigenvalue weighted by molar-refractivity contribution is 6.37. The highest BCUT2D eigenvalue weighted by atomic mass is 16.7. The van der Waals surface area contributed by atoms with E-state index >= 15 is 0 Å². The van der Waals surface area contributed by atoms with Crippen LogP contribution < -0.4 is 0 Å². The Balaban J connectivity index is 1.88. The molecule has 0 bridgehead atoms. The Morgan fingerprint density at radius 3 is 2.90 bits per heavy atom. The largest absolute Gasteiger partial charge is 0.464 e. The lowest BCUT2D eigenvalue weighted by molar-refractivity contribution is -0.185. The number of nitrogens with zero attached hydrogens (tertiary/aromatic N) is 2. The molecular formula is C14H22N2O4. The van der Waals surface area contributed by atoms with Crippen LogP contribution in [0.5, 0.6) is 0 Å². The molecule has 6 nitrogen and oxygen atoms in total. The van der Waals surface area contributed by atoms with Gasteiger partial charge in [-0.25, -0.2) is 4.79 Å². The molecule has 3 aliphatic rings. The molecule has 20 heavy (non-hydrogen) atoms. The predicted octanol–water partition coefficient (Wildman–Crippen LogP) is 1.15. The summed E-state index contributed by atoms with van der Waals surface area (Å²) in [5.74, 6) is -0.331. The van der Waals surface area contributed by atoms with Gasteiger partial charge in [0.15, 0.2) is 11.4 Å². The molecule has 0 aromatic heterocycles. The third-order valence-electron chi connectivity index (χ3n) is 4.65. The number of hydrogen-bond donors (Lipinski definition) is 0. The number of carbonyl (C=O) groups excluding carboxylic acids is 1. The molecule has 2 heterocycles. The van der Waals surface area contributed by atoms with Crippen LogP contribution in [0.15, 0.2) is 5.16 Å². The minimum atomic E-state index is -0.455. The maximum Gasteiger partial charge on any atom is 0.356 e. The number of morpholine rings is 1. The SMILES string of the molecule is COC(=O)C1=NOC2(N3CCOCC3)CCCCCC12. The molecule has 2 atom stereocenters. The fraction of sp³-hybridized carbons (Fsp3) is 0.857. The maximum atomic E-state index is 11.9. The van der Waals surface area contributed by atoms with Crippen molar-refractivity contribution >= 4 is 11.7 Å². The van der Waals surface area contributed by atoms with Gasteiger partial charge in [-0.15, -0.1) is 0 Å². The normalized spacial score (nSPS) is 34.6. The summed E-state index contributed by atoms with van der Waals surface area (Å²) in [5, 5.41) is 4.10. The van der Waals surface area contributed by atoms with Crippen molar-refractivity contribution in [3.05, 3.63) is 0 Å². The number of hydrogen-bond acceptors (Lipinski definition) is 6. The lowest BCUT2D eigenvalue weighted by atomic mass is 9.85. The van der Waals surface area contributed by atoms with Crippen LogP contribution in [0.25, 0.3) is 0 Å². The molecular weight excluding hydrogens is 260 g/mol. The molecule has 0 radical (unpaired) electrons. The van der Waals surface area contributed by atoms with Crippen LogP contribution in [-0.4, -0.2) is 55.7 Å². The second-order valence-electron chi connectivity index (χ2n) is 5.66. The number of ether oxygens (including phenoxy) is 2. The van der Waals surface area contributed by atoms with E-state index in [1.54, 1.807) is 0 Å². The van der Waals surface area contributed by atoms with E-state index in [1.165, 1.54) is 13.5 Å². The topological polar surface area (TPSA) is 60.4 Å². The first kappa shape index (κ1) is 13.8. The van der Waals surface area contributed by atoms with Crippen molar-refractivity contribution in [1.82, 2.24) is 4.90 Å². The predicted molar refractivity (Wildman–Crippen MR) is 72.2 cm³/mol. The van der Waals surface area contributed by atoms with E-state index in [0.717, 1.165) is 38.8 Å². The zero-order chi connectivity index (χ0) is 14.0. The van der Waals surface area contributed by atoms with Gasteiger partial charge >= 0.3 is 5.97 Å². The zero-order valence-corrected chi connectivity index (χ0v) is 12.0. The molecule has 3 rings (SSSR count). The van der Waals surface area contributed by atoms with Crippen LogP contribution in [0.2, 0.25) is 0 Å². The number of fused-ring (bicyclic) bond motifs is 1. The van der Waals surface area contributed by atoms with E-state index in [2.05, 4.69) is 10.1 Å². The average Bonchev–Trinajstić information content (AvgIpc) is 2.74. The summed E-state index contributed by atoms with van der Waals surface area (Å²) in [6, 6.07) is 0. The van der Waals surface area contributed by atoms with E-state index in [-0.39, 0.29) is 11.9 Å². The van der Waals surface area contributed by atoms with Crippen molar-refractivity contribution in [1.29, 1.82) is 0 Å². The smallest absolute Gasteiger partial charge is 0.356 e. The van der Waals surface area contributed by atoms with Crippen molar-refractivity contribution < 1.29 is 19.1 Å². The molecule has 1 saturated carbocycles. The summed E-state index contributed by atoms with van der Waals surface area (Å²) in [6.07, 6.45) is 5.25. The minimum absolute atomic E-state index is 0.0237. The molecule has 112 valence electrons. The molecule has 0 amide bonds. The third-order valence-corrected chi connectivity index (χ3v) is 4.65. The summed E-state index contributed by atoms with van der Waals surface area (Å²) in [5.41, 5.74) is 0.00460. The van der Waals surface area contributed by atoms with E-state index in [1.807, 2.05) is 0 Å². The monoisotopic (exact) mass is 282 g/mol. The first-order valence-electron chi connectivity index (χ1n) is 7.45. The lowest BCUT2D eigenvalue weighted by Gasteiger charge is -2.43. The van der Waals surface area contributed by atoms with Gasteiger partial charge in [0.25, 0.3) is 0 Å². The van der Waals surface area contributed by atoms with Crippen LogP contribution in [-0.2, 0) is 19.1 Å². The van der Waals surface area contributed by atoms with Gasteiger partial charge in [0.2, 0.25) is 0 Å². The molecule has 2 unspecified atom stereocenters. The maximum absolute atomic E-state index is 11.9. The summed E-state index contributed by atoms with van der Waals surface area (Å²) in [4.78, 5) is 20.1. The lowest BCUT2D eigenvalue weighted by Crippen LogP contribution is -2.58. The Labute approximate surface area is 119 Å². The van der Waals surface area contributed by atoms with Crippen LogP contribution >= 0.6 is 0 Å². The van der Waals surface area contributed by atoms with Gasteiger partial charge in [-0.3, -0.25) is 4.90 Å². The molecule has 2 fully saturated rings. The van der Waals surface area contributed by atoms with Gasteiger partial charge in [-0.05, 0) is 12.8 Å². The first-order valence-corrected chi connectivity index (χ1v) is 7.45. The Morgan fingerprint density at radius 1 is 1.35 bits per heavy atom. The van der Waals surface area contributed by atoms with Crippen molar-refractivity contribution in [2.75, 3.05) is 33.4 Å². The molecule has 0 spiro atoms. The van der Waals surface area contributed by atoms with Gasteiger partial charge in [-0.2, -0.15) is 0 Å². The van der Waals surface area contributed by atoms with Crippen molar-refractivity contribution in [3.8, 4) is 0 Å². The molecule has 0 N–H and O–H groups in total. The van der Waals surface area contributed by atoms with E-state index < -0.39 is 5.72 Å². The fourth-order valence-corrected chi connectivity index (χ4v) is 3.62. The average molecular weight is 282 g/mol. The second kappa shape index (κ2) is 5.69. The summed E-state index contributed by atoms with van der Waals surface area (Å²) < 4.78 is 10.3. The van der Waals surface area contributed by atoms with Gasteiger partial charge in [0.1, 0.15) is 0 Å². The van der Waals surface area contributed by atoms with Crippen LogP contribution in [0.1, 0.15) is 32.1 Å². The molecule has 0 aromatic carbocycles. The summed E-state index contributed by atoms with van der Waals surface area (Å²) in [7, 11) is 1.40. The minimum Gasteiger partial charge on any atom is -0.464 e. The van der Waals surface area contributed by atoms with Crippen molar-refractivity contribution in [2.24, 2.45) is 11.1 Å². The standard InChI is InChI=1S/C14H22N2O4/c1-18-13(17)12-11-5-3-2-4-6-14(11,20-15-12)16-7-9-19-10-8-16/h11H,2-10H2,1H3. The van der Waals surface area contributed by atoms with Gasteiger partial charge in [0, 0.05) is 19.5 Å². The molecule has 1 saturated heterocycles. The van der Waals surface area contributed by atoms with Crippen molar-refractivity contribution in [2.45, 2.75) is 37.8 Å². The fourth-order valence-electron chi connectivity index (χ4n) is 3.62. The Bertz CT molecular complexity index is 406. The third kappa shape index (κ3) is 2.20. The molecule has 2 aliphatic heterocycles. The number of esters is 1. The molecule has 6 heteroatoms. The van der Waals surface area contributed by atoms with Crippen LogP contribution in [0.3, 0.4) is 0 Å². The summed E-state index contributed by atoms with van der Waals surface area (Å²) in [6.45, 7) is 3.09. The Morgan fingerprint density at radius 2 is 2.15 bits per heavy atom. The van der Waals surface area contributed by atoms with E-state index in [0.29, 0.717) is 18.9 Å². The van der Waals surface area contributed by atoms with Gasteiger partial charge < -0.3 is 14.3 Å². The van der Waals surface area contributed by atoms with Gasteiger partial charge in [0.05, 0.1) is 26.2 Å². The summed E-state index contributed by atoms with van der Waals surface area (Å²) >= 11 is 0. The van der Waals surface area contributed by atoms with Crippen LogP contribution in [0.4, 0.5) is 0 Å². The number of methoxy groups -OCH3 is 1. The van der Waals surface area contributed by atoms with Crippen LogP contribution in [0, 0.1) is 5.92 Å². The van der Waals surface area contributed by atoms with Gasteiger partial charge in [-0.1, -0.05) is 18.0 Å². The highest BCUT2D eigenvalue weighted by Gasteiger charge is 2.55. The second-order valence-corrected chi connectivity index (χ2v) is 5.66. The van der Waals surface area contributed by atoms with Crippen molar-refractivity contribution in [3.63, 3.8) is 0 Å². The highest BCUT2D eigenvalue weighted by Crippen LogP contribution is 2.43. The molecule has 0 aromatic rings. The van der Waals surface area contributed by atoms with E-state index in [4.69, 9.17) is 14.3 Å². The number of oxime groups is 1.